The van der Waals surface area contributed by atoms with Crippen molar-refractivity contribution in [1.29, 1.82) is 0 Å². The van der Waals surface area contributed by atoms with E-state index in [2.05, 4.69) is 27.4 Å². The lowest BCUT2D eigenvalue weighted by Gasteiger charge is -2.00. The Morgan fingerprint density at radius 2 is 2.23 bits per heavy atom. The standard InChI is InChI=1S/C17H21N5O2S2/c1-3-4-5-6-14-20-21-16(26-14)19-15(23)13-8-7-12(24-13)11-25-17-18-9-10-22(17)2/h7-10H,3-6,11H2,1-2H3,(H,19,21,23). The lowest BCUT2D eigenvalue weighted by Crippen LogP contribution is -2.10. The van der Waals surface area contributed by atoms with Crippen LogP contribution in [0.3, 0.4) is 0 Å². The summed E-state index contributed by atoms with van der Waals surface area (Å²) in [7, 11) is 1.94. The van der Waals surface area contributed by atoms with E-state index in [-0.39, 0.29) is 11.7 Å². The molecule has 1 amide bonds. The minimum absolute atomic E-state index is 0.267. The van der Waals surface area contributed by atoms with Crippen molar-refractivity contribution in [3.8, 4) is 0 Å². The van der Waals surface area contributed by atoms with Gasteiger partial charge < -0.3 is 8.98 Å². The van der Waals surface area contributed by atoms with Gasteiger partial charge in [-0.2, -0.15) is 0 Å². The fourth-order valence-electron chi connectivity index (χ4n) is 2.29. The molecule has 3 aromatic rings. The number of anilines is 1. The van der Waals surface area contributed by atoms with Gasteiger partial charge in [-0.05, 0) is 18.6 Å². The Balaban J connectivity index is 1.52. The van der Waals surface area contributed by atoms with Crippen molar-refractivity contribution in [3.63, 3.8) is 0 Å². The maximum Gasteiger partial charge on any atom is 0.293 e. The van der Waals surface area contributed by atoms with Crippen LogP contribution in [0.1, 0.15) is 47.5 Å². The van der Waals surface area contributed by atoms with Crippen molar-refractivity contribution >= 4 is 34.1 Å². The molecule has 0 spiro atoms. The molecular weight excluding hydrogens is 370 g/mol. The summed E-state index contributed by atoms with van der Waals surface area (Å²) in [5.41, 5.74) is 0. The number of nitrogens with zero attached hydrogens (tertiary/aromatic N) is 4. The van der Waals surface area contributed by atoms with Gasteiger partial charge in [0.25, 0.3) is 5.91 Å². The molecule has 0 aromatic carbocycles. The number of aromatic nitrogens is 4. The molecule has 0 aliphatic carbocycles. The predicted molar refractivity (Wildman–Crippen MR) is 103 cm³/mol. The minimum atomic E-state index is -0.311. The molecule has 1 N–H and O–H groups in total. The van der Waals surface area contributed by atoms with E-state index in [1.807, 2.05) is 17.8 Å². The van der Waals surface area contributed by atoms with Gasteiger partial charge in [-0.1, -0.05) is 42.9 Å². The highest BCUT2D eigenvalue weighted by Gasteiger charge is 2.14. The van der Waals surface area contributed by atoms with E-state index < -0.39 is 0 Å². The van der Waals surface area contributed by atoms with Crippen LogP contribution in [0.15, 0.2) is 34.1 Å². The van der Waals surface area contributed by atoms with Gasteiger partial charge in [0, 0.05) is 25.9 Å². The quantitative estimate of drug-likeness (QED) is 0.436. The van der Waals surface area contributed by atoms with Crippen molar-refractivity contribution in [2.75, 3.05) is 5.32 Å². The zero-order valence-corrected chi connectivity index (χ0v) is 16.4. The fraction of sp³-hybridized carbons (Fsp3) is 0.412. The molecule has 0 bridgehead atoms. The maximum absolute atomic E-state index is 12.3. The minimum Gasteiger partial charge on any atom is -0.455 e. The van der Waals surface area contributed by atoms with E-state index in [1.54, 1.807) is 30.1 Å². The van der Waals surface area contributed by atoms with E-state index in [9.17, 15) is 4.79 Å². The Kier molecular flexibility index (Phi) is 6.45. The topological polar surface area (TPSA) is 85.8 Å². The van der Waals surface area contributed by atoms with Gasteiger partial charge in [0.2, 0.25) is 5.13 Å². The van der Waals surface area contributed by atoms with Gasteiger partial charge in [0.05, 0.1) is 5.75 Å². The Morgan fingerprint density at radius 3 is 3.00 bits per heavy atom. The number of imidazole rings is 1. The number of hydrogen-bond acceptors (Lipinski definition) is 7. The summed E-state index contributed by atoms with van der Waals surface area (Å²) in [6.45, 7) is 2.16. The van der Waals surface area contributed by atoms with Gasteiger partial charge in [-0.3, -0.25) is 10.1 Å². The number of amides is 1. The lowest BCUT2D eigenvalue weighted by atomic mass is 10.2. The highest BCUT2D eigenvalue weighted by Crippen LogP contribution is 2.23. The second-order valence-corrected chi connectivity index (χ2v) is 7.79. The Morgan fingerprint density at radius 1 is 1.35 bits per heavy atom. The maximum atomic E-state index is 12.3. The molecule has 0 aliphatic heterocycles. The fourth-order valence-corrected chi connectivity index (χ4v) is 3.90. The molecular formula is C17H21N5O2S2. The number of carbonyl (C=O) groups excluding carboxylic acids is 1. The van der Waals surface area contributed by atoms with E-state index in [4.69, 9.17) is 4.42 Å². The zero-order valence-electron chi connectivity index (χ0n) is 14.8. The van der Waals surface area contributed by atoms with Gasteiger partial charge in [-0.15, -0.1) is 10.2 Å². The van der Waals surface area contributed by atoms with E-state index >= 15 is 0 Å². The molecule has 0 atom stereocenters. The number of furan rings is 1. The first-order valence-corrected chi connectivity index (χ1v) is 10.3. The molecule has 0 saturated heterocycles. The smallest absolute Gasteiger partial charge is 0.293 e. The Labute approximate surface area is 160 Å². The predicted octanol–water partition coefficient (Wildman–Crippen LogP) is 4.14. The van der Waals surface area contributed by atoms with Crippen molar-refractivity contribution < 1.29 is 9.21 Å². The first-order chi connectivity index (χ1) is 12.7. The van der Waals surface area contributed by atoms with E-state index in [1.165, 1.54) is 24.2 Å². The monoisotopic (exact) mass is 391 g/mol. The van der Waals surface area contributed by atoms with Crippen molar-refractivity contribution in [3.05, 3.63) is 41.1 Å². The third-order valence-electron chi connectivity index (χ3n) is 3.69. The summed E-state index contributed by atoms with van der Waals surface area (Å²) >= 11 is 2.97. The first-order valence-electron chi connectivity index (χ1n) is 8.48. The van der Waals surface area contributed by atoms with Gasteiger partial charge in [0.15, 0.2) is 10.9 Å². The summed E-state index contributed by atoms with van der Waals surface area (Å²) in [5, 5.41) is 13.2. The van der Waals surface area contributed by atoms with Crippen LogP contribution < -0.4 is 5.32 Å². The summed E-state index contributed by atoms with van der Waals surface area (Å²) in [5.74, 6) is 1.29. The summed E-state index contributed by atoms with van der Waals surface area (Å²) in [4.78, 5) is 16.5. The Hall–Kier alpha value is -2.13. The third-order valence-corrected chi connectivity index (χ3v) is 5.67. The van der Waals surface area contributed by atoms with Crippen LogP contribution in [0.25, 0.3) is 0 Å². The molecule has 0 saturated carbocycles. The molecule has 3 aromatic heterocycles. The highest BCUT2D eigenvalue weighted by atomic mass is 32.2. The molecule has 3 heterocycles. The Bertz CT molecular complexity index is 855. The largest absolute Gasteiger partial charge is 0.455 e. The van der Waals surface area contributed by atoms with Crippen LogP contribution in [-0.2, 0) is 19.2 Å². The summed E-state index contributed by atoms with van der Waals surface area (Å²) in [6.07, 6.45) is 7.98. The number of thioether (sulfide) groups is 1. The van der Waals surface area contributed by atoms with Gasteiger partial charge in [-0.25, -0.2) is 4.98 Å². The molecule has 26 heavy (non-hydrogen) atoms. The SMILES string of the molecule is CCCCCc1nnc(NC(=O)c2ccc(CSc3nccn3C)o2)s1. The summed E-state index contributed by atoms with van der Waals surface area (Å²) < 4.78 is 7.57. The molecule has 0 fully saturated rings. The highest BCUT2D eigenvalue weighted by molar-refractivity contribution is 7.98. The number of hydrogen-bond donors (Lipinski definition) is 1. The lowest BCUT2D eigenvalue weighted by molar-refractivity contribution is 0.0995. The second kappa shape index (κ2) is 9.00. The average Bonchev–Trinajstić information content (AvgIpc) is 3.35. The molecule has 0 radical (unpaired) electrons. The summed E-state index contributed by atoms with van der Waals surface area (Å²) in [6, 6.07) is 3.48. The van der Waals surface area contributed by atoms with Crippen molar-refractivity contribution in [2.24, 2.45) is 7.05 Å². The molecule has 7 nitrogen and oxygen atoms in total. The molecule has 0 aliphatic rings. The second-order valence-electron chi connectivity index (χ2n) is 5.79. The van der Waals surface area contributed by atoms with Crippen LogP contribution in [0, 0.1) is 0 Å². The number of unbranched alkanes of at least 4 members (excludes halogenated alkanes) is 2. The molecule has 9 heteroatoms. The van der Waals surface area contributed by atoms with Gasteiger partial charge in [0.1, 0.15) is 10.8 Å². The van der Waals surface area contributed by atoms with E-state index in [0.29, 0.717) is 10.9 Å². The normalized spacial score (nSPS) is 11.0. The zero-order chi connectivity index (χ0) is 18.4. The average molecular weight is 392 g/mol. The number of carbonyl (C=O) groups is 1. The number of nitrogens with one attached hydrogen (secondary N) is 1. The van der Waals surface area contributed by atoms with Crippen LogP contribution in [0.4, 0.5) is 5.13 Å². The number of aryl methyl sites for hydroxylation is 2. The van der Waals surface area contributed by atoms with Crippen LogP contribution >= 0.6 is 23.1 Å². The van der Waals surface area contributed by atoms with Crippen molar-refractivity contribution in [2.45, 2.75) is 43.5 Å². The first kappa shape index (κ1) is 18.7. The molecule has 138 valence electrons. The molecule has 3 rings (SSSR count). The van der Waals surface area contributed by atoms with E-state index in [0.717, 1.165) is 28.8 Å². The third kappa shape index (κ3) is 4.95. The van der Waals surface area contributed by atoms with Crippen molar-refractivity contribution in [1.82, 2.24) is 19.7 Å². The number of rotatable bonds is 9. The van der Waals surface area contributed by atoms with Crippen LogP contribution in [0.5, 0.6) is 0 Å². The van der Waals surface area contributed by atoms with Gasteiger partial charge >= 0.3 is 0 Å². The van der Waals surface area contributed by atoms with Crippen LogP contribution in [0.2, 0.25) is 0 Å². The molecule has 0 unspecified atom stereocenters. The van der Waals surface area contributed by atoms with Crippen LogP contribution in [-0.4, -0.2) is 25.7 Å².